The van der Waals surface area contributed by atoms with Gasteiger partial charge in [-0.2, -0.15) is 0 Å². The van der Waals surface area contributed by atoms with E-state index in [1.54, 1.807) is 0 Å². The van der Waals surface area contributed by atoms with E-state index in [2.05, 4.69) is 5.32 Å². The van der Waals surface area contributed by atoms with Crippen LogP contribution in [0.1, 0.15) is 31.2 Å². The summed E-state index contributed by atoms with van der Waals surface area (Å²) in [5, 5.41) is 12.0. The Hall–Kier alpha value is -2.82. The van der Waals surface area contributed by atoms with Crippen molar-refractivity contribution in [1.29, 1.82) is 0 Å². The number of para-hydroxylation sites is 2. The van der Waals surface area contributed by atoms with Crippen LogP contribution in [0.4, 0.5) is 0 Å². The Morgan fingerprint density at radius 1 is 0.923 bits per heavy atom. The maximum absolute atomic E-state index is 12.4. The van der Waals surface area contributed by atoms with Gasteiger partial charge in [-0.15, -0.1) is 0 Å². The normalized spacial score (nSPS) is 19.5. The first-order valence-electron chi connectivity index (χ1n) is 8.95. The second-order valence-corrected chi connectivity index (χ2v) is 6.63. The Morgan fingerprint density at radius 2 is 1.54 bits per heavy atom. The first kappa shape index (κ1) is 18.0. The number of carboxylic acid groups (broad SMARTS) is 1. The summed E-state index contributed by atoms with van der Waals surface area (Å²) in [7, 11) is 0. The molecule has 2 aromatic rings. The zero-order chi connectivity index (χ0) is 18.4. The van der Waals surface area contributed by atoms with E-state index < -0.39 is 5.97 Å². The molecular formula is C21H23NO4. The number of hydrogen-bond acceptors (Lipinski definition) is 3. The van der Waals surface area contributed by atoms with E-state index in [0.717, 1.165) is 11.3 Å². The highest BCUT2D eigenvalue weighted by molar-refractivity contribution is 5.79. The Bertz CT molecular complexity index is 752. The molecule has 1 fully saturated rings. The van der Waals surface area contributed by atoms with Crippen molar-refractivity contribution in [2.75, 3.05) is 0 Å². The molecule has 0 heterocycles. The largest absolute Gasteiger partial charge is 0.481 e. The lowest BCUT2D eigenvalue weighted by Crippen LogP contribution is -2.34. The second kappa shape index (κ2) is 8.52. The van der Waals surface area contributed by atoms with Crippen molar-refractivity contribution in [3.63, 3.8) is 0 Å². The van der Waals surface area contributed by atoms with Crippen LogP contribution in [-0.2, 0) is 16.1 Å². The van der Waals surface area contributed by atoms with Crippen LogP contribution >= 0.6 is 0 Å². The zero-order valence-electron chi connectivity index (χ0n) is 14.6. The van der Waals surface area contributed by atoms with Gasteiger partial charge in [0.25, 0.3) is 0 Å². The van der Waals surface area contributed by atoms with Crippen molar-refractivity contribution in [3.8, 4) is 11.5 Å². The van der Waals surface area contributed by atoms with Crippen molar-refractivity contribution >= 4 is 11.9 Å². The lowest BCUT2D eigenvalue weighted by atomic mass is 9.81. The van der Waals surface area contributed by atoms with Crippen molar-refractivity contribution in [1.82, 2.24) is 5.32 Å². The Kier molecular flexibility index (Phi) is 5.89. The molecule has 0 atom stereocenters. The van der Waals surface area contributed by atoms with Crippen molar-refractivity contribution in [3.05, 3.63) is 60.2 Å². The third-order valence-electron chi connectivity index (χ3n) is 4.84. The number of aliphatic carboxylic acids is 1. The Labute approximate surface area is 153 Å². The number of rotatable bonds is 6. The van der Waals surface area contributed by atoms with E-state index in [0.29, 0.717) is 38.0 Å². The smallest absolute Gasteiger partial charge is 0.306 e. The molecule has 1 aliphatic rings. The molecule has 0 aromatic heterocycles. The van der Waals surface area contributed by atoms with Crippen LogP contribution < -0.4 is 10.1 Å². The molecule has 5 nitrogen and oxygen atoms in total. The molecule has 2 aromatic carbocycles. The summed E-state index contributed by atoms with van der Waals surface area (Å²) in [6, 6.07) is 17.1. The summed E-state index contributed by atoms with van der Waals surface area (Å²) in [5.74, 6) is 0.290. The third-order valence-corrected chi connectivity index (χ3v) is 4.84. The number of carbonyl (C=O) groups is 2. The summed E-state index contributed by atoms with van der Waals surface area (Å²) in [6.07, 6.45) is 2.40. The fourth-order valence-electron chi connectivity index (χ4n) is 3.29. The topological polar surface area (TPSA) is 75.6 Å². The highest BCUT2D eigenvalue weighted by Gasteiger charge is 2.29. The molecule has 0 saturated heterocycles. The van der Waals surface area contributed by atoms with E-state index in [1.807, 2.05) is 54.6 Å². The van der Waals surface area contributed by atoms with Gasteiger partial charge in [-0.3, -0.25) is 9.59 Å². The van der Waals surface area contributed by atoms with Gasteiger partial charge in [0.2, 0.25) is 5.91 Å². The average Bonchev–Trinajstić information content (AvgIpc) is 2.68. The summed E-state index contributed by atoms with van der Waals surface area (Å²) < 4.78 is 5.91. The van der Waals surface area contributed by atoms with Crippen molar-refractivity contribution in [2.45, 2.75) is 32.2 Å². The summed E-state index contributed by atoms with van der Waals surface area (Å²) in [5.41, 5.74) is 0.906. The van der Waals surface area contributed by atoms with Crippen LogP contribution in [0.15, 0.2) is 54.6 Å². The summed E-state index contributed by atoms with van der Waals surface area (Å²) in [4.78, 5) is 23.4. The first-order chi connectivity index (χ1) is 12.6. The molecular weight excluding hydrogens is 330 g/mol. The van der Waals surface area contributed by atoms with Gasteiger partial charge in [-0.05, 0) is 43.9 Å². The van der Waals surface area contributed by atoms with Gasteiger partial charge in [0.15, 0.2) is 0 Å². The fraction of sp³-hybridized carbons (Fsp3) is 0.333. The molecule has 0 unspecified atom stereocenters. The standard InChI is InChI=1S/C21H23NO4/c23-20(15-10-12-16(13-11-15)21(24)25)22-14-17-6-4-5-9-19(17)26-18-7-2-1-3-8-18/h1-9,15-16H,10-14H2,(H,22,23)(H,24,25). The molecule has 0 spiro atoms. The molecule has 2 N–H and O–H groups in total. The third kappa shape index (κ3) is 4.63. The molecule has 0 bridgehead atoms. The molecule has 1 aliphatic carbocycles. The van der Waals surface area contributed by atoms with Crippen molar-refractivity contribution in [2.24, 2.45) is 11.8 Å². The van der Waals surface area contributed by atoms with Gasteiger partial charge in [0.1, 0.15) is 11.5 Å². The molecule has 0 aliphatic heterocycles. The average molecular weight is 353 g/mol. The maximum Gasteiger partial charge on any atom is 0.306 e. The van der Waals surface area contributed by atoms with Crippen LogP contribution in [0.5, 0.6) is 11.5 Å². The molecule has 136 valence electrons. The van der Waals surface area contributed by atoms with E-state index in [4.69, 9.17) is 9.84 Å². The number of carbonyl (C=O) groups excluding carboxylic acids is 1. The maximum atomic E-state index is 12.4. The molecule has 0 radical (unpaired) electrons. The number of ether oxygens (including phenoxy) is 1. The van der Waals surface area contributed by atoms with E-state index >= 15 is 0 Å². The molecule has 1 saturated carbocycles. The Balaban J connectivity index is 1.56. The SMILES string of the molecule is O=C(O)C1CCC(C(=O)NCc2ccccc2Oc2ccccc2)CC1. The molecule has 26 heavy (non-hydrogen) atoms. The van der Waals surface area contributed by atoms with Crippen LogP contribution in [0, 0.1) is 11.8 Å². The number of amides is 1. The van der Waals surface area contributed by atoms with Crippen LogP contribution in [-0.4, -0.2) is 17.0 Å². The highest BCUT2D eigenvalue weighted by atomic mass is 16.5. The lowest BCUT2D eigenvalue weighted by Gasteiger charge is -2.25. The van der Waals surface area contributed by atoms with Gasteiger partial charge >= 0.3 is 5.97 Å². The van der Waals surface area contributed by atoms with Gasteiger partial charge in [-0.25, -0.2) is 0 Å². The Morgan fingerprint density at radius 3 is 2.23 bits per heavy atom. The monoisotopic (exact) mass is 353 g/mol. The molecule has 1 amide bonds. The lowest BCUT2D eigenvalue weighted by molar-refractivity contribution is -0.144. The van der Waals surface area contributed by atoms with E-state index in [-0.39, 0.29) is 17.7 Å². The molecule has 3 rings (SSSR count). The first-order valence-corrected chi connectivity index (χ1v) is 8.95. The van der Waals surface area contributed by atoms with Crippen LogP contribution in [0.25, 0.3) is 0 Å². The van der Waals surface area contributed by atoms with Gasteiger partial charge in [0, 0.05) is 18.0 Å². The summed E-state index contributed by atoms with van der Waals surface area (Å²) in [6.45, 7) is 0.390. The van der Waals surface area contributed by atoms with E-state index in [1.165, 1.54) is 0 Å². The quantitative estimate of drug-likeness (QED) is 0.823. The minimum Gasteiger partial charge on any atom is -0.481 e. The zero-order valence-corrected chi connectivity index (χ0v) is 14.6. The number of benzene rings is 2. The minimum absolute atomic E-state index is 0.0108. The molecule has 5 heteroatoms. The van der Waals surface area contributed by atoms with E-state index in [9.17, 15) is 9.59 Å². The van der Waals surface area contributed by atoms with Crippen molar-refractivity contribution < 1.29 is 19.4 Å². The predicted octanol–water partition coefficient (Wildman–Crippen LogP) is 3.99. The highest BCUT2D eigenvalue weighted by Crippen LogP contribution is 2.29. The summed E-state index contributed by atoms with van der Waals surface area (Å²) >= 11 is 0. The van der Waals surface area contributed by atoms with Gasteiger partial charge in [0.05, 0.1) is 5.92 Å². The van der Waals surface area contributed by atoms with Gasteiger partial charge < -0.3 is 15.2 Å². The van der Waals surface area contributed by atoms with Crippen LogP contribution in [0.3, 0.4) is 0 Å². The van der Waals surface area contributed by atoms with Gasteiger partial charge in [-0.1, -0.05) is 36.4 Å². The van der Waals surface area contributed by atoms with Crippen LogP contribution in [0.2, 0.25) is 0 Å². The minimum atomic E-state index is -0.754. The number of carboxylic acids is 1. The number of hydrogen-bond donors (Lipinski definition) is 2. The second-order valence-electron chi connectivity index (χ2n) is 6.63. The predicted molar refractivity (Wildman–Crippen MR) is 97.9 cm³/mol. The number of nitrogens with one attached hydrogen (secondary N) is 1. The fourth-order valence-corrected chi connectivity index (χ4v) is 3.29.